The lowest BCUT2D eigenvalue weighted by Gasteiger charge is -2.29. The number of sulfone groups is 1. The number of piperidine rings is 1. The third kappa shape index (κ3) is 4.25. The summed E-state index contributed by atoms with van der Waals surface area (Å²) in [4.78, 5) is 0. The lowest BCUT2D eigenvalue weighted by atomic mass is 9.98. The van der Waals surface area contributed by atoms with Crippen LogP contribution in [0.2, 0.25) is 0 Å². The molecule has 1 aliphatic rings. The lowest BCUT2D eigenvalue weighted by Crippen LogP contribution is -2.38. The molecule has 1 aliphatic heterocycles. The molecule has 1 fully saturated rings. The molecule has 2 aromatic rings. The molecule has 0 amide bonds. The van der Waals surface area contributed by atoms with Crippen molar-refractivity contribution >= 4 is 19.9 Å². The van der Waals surface area contributed by atoms with Gasteiger partial charge in [-0.25, -0.2) is 21.1 Å². The number of benzene rings is 1. The second-order valence-electron chi connectivity index (χ2n) is 6.09. The van der Waals surface area contributed by atoms with Crippen LogP contribution in [-0.2, 0) is 25.6 Å². The zero-order valence-electron chi connectivity index (χ0n) is 13.7. The van der Waals surface area contributed by atoms with E-state index in [4.69, 9.17) is 4.42 Å². The summed E-state index contributed by atoms with van der Waals surface area (Å²) in [6, 6.07) is 9.04. The molecule has 10 heteroatoms. The van der Waals surface area contributed by atoms with Crippen molar-refractivity contribution in [1.82, 2.24) is 14.5 Å². The van der Waals surface area contributed by atoms with Gasteiger partial charge in [0.15, 0.2) is 0 Å². The van der Waals surface area contributed by atoms with E-state index in [-0.39, 0.29) is 17.6 Å². The van der Waals surface area contributed by atoms with Gasteiger partial charge in [0, 0.05) is 25.3 Å². The maximum absolute atomic E-state index is 12.5. The monoisotopic (exact) mass is 385 g/mol. The van der Waals surface area contributed by atoms with Crippen molar-refractivity contribution in [3.8, 4) is 0 Å². The van der Waals surface area contributed by atoms with Gasteiger partial charge in [-0.15, -0.1) is 5.10 Å². The van der Waals surface area contributed by atoms with Gasteiger partial charge in [-0.2, -0.15) is 0 Å². The fourth-order valence-corrected chi connectivity index (χ4v) is 4.78. The van der Waals surface area contributed by atoms with Crippen molar-refractivity contribution in [1.29, 1.82) is 0 Å². The Morgan fingerprint density at radius 3 is 2.28 bits per heavy atom. The van der Waals surface area contributed by atoms with Gasteiger partial charge in [-0.05, 0) is 18.4 Å². The molecular weight excluding hydrogens is 366 g/mol. The van der Waals surface area contributed by atoms with E-state index in [1.54, 1.807) is 12.1 Å². The molecule has 8 nitrogen and oxygen atoms in total. The third-order valence-electron chi connectivity index (χ3n) is 4.13. The first kappa shape index (κ1) is 18.0. The molecule has 0 N–H and O–H groups in total. The van der Waals surface area contributed by atoms with E-state index < -0.39 is 25.1 Å². The van der Waals surface area contributed by atoms with Crippen LogP contribution in [0.15, 0.2) is 40.0 Å². The highest BCUT2D eigenvalue weighted by molar-refractivity contribution is 7.90. The molecule has 1 aromatic heterocycles. The first-order valence-electron chi connectivity index (χ1n) is 7.81. The molecule has 0 bridgehead atoms. The van der Waals surface area contributed by atoms with Crippen molar-refractivity contribution in [2.24, 2.45) is 0 Å². The van der Waals surface area contributed by atoms with Gasteiger partial charge in [-0.3, -0.25) is 0 Å². The summed E-state index contributed by atoms with van der Waals surface area (Å²) in [5.74, 6) is 0.0869. The Bertz CT molecular complexity index is 931. The second-order valence-corrected chi connectivity index (χ2v) is 9.96. The van der Waals surface area contributed by atoms with E-state index in [2.05, 4.69) is 10.2 Å². The van der Waals surface area contributed by atoms with Crippen LogP contribution in [0.1, 0.15) is 30.2 Å². The summed E-state index contributed by atoms with van der Waals surface area (Å²) in [5, 5.41) is 6.95. The van der Waals surface area contributed by atoms with Crippen molar-refractivity contribution < 1.29 is 21.3 Å². The topological polar surface area (TPSA) is 110 Å². The normalized spacial score (nSPS) is 17.6. The SMILES string of the molecule is CS(=O)(=O)c1nnc(C2CCN(S(=O)(=O)Cc3ccccc3)CC2)o1. The molecule has 1 saturated heterocycles. The highest BCUT2D eigenvalue weighted by Crippen LogP contribution is 2.29. The Labute approximate surface area is 146 Å². The van der Waals surface area contributed by atoms with E-state index in [0.29, 0.717) is 25.9 Å². The fraction of sp³-hybridized carbons (Fsp3) is 0.467. The van der Waals surface area contributed by atoms with Crippen LogP contribution in [0.25, 0.3) is 0 Å². The molecule has 2 heterocycles. The summed E-state index contributed by atoms with van der Waals surface area (Å²) in [7, 11) is -6.93. The highest BCUT2D eigenvalue weighted by atomic mass is 32.2. The third-order valence-corrected chi connectivity index (χ3v) is 6.78. The number of rotatable bonds is 5. The summed E-state index contributed by atoms with van der Waals surface area (Å²) in [6.45, 7) is 0.687. The first-order chi connectivity index (χ1) is 11.8. The van der Waals surface area contributed by atoms with Crippen molar-refractivity contribution in [3.63, 3.8) is 0 Å². The molecule has 0 atom stereocenters. The lowest BCUT2D eigenvalue weighted by molar-refractivity contribution is 0.278. The smallest absolute Gasteiger partial charge is 0.335 e. The first-order valence-corrected chi connectivity index (χ1v) is 11.3. The van der Waals surface area contributed by atoms with Gasteiger partial charge >= 0.3 is 5.22 Å². The van der Waals surface area contributed by atoms with Crippen LogP contribution in [0.5, 0.6) is 0 Å². The summed E-state index contributed by atoms with van der Waals surface area (Å²) in [6.07, 6.45) is 2.03. The maximum Gasteiger partial charge on any atom is 0.335 e. The standard InChI is InChI=1S/C15H19N3O5S2/c1-24(19,20)15-17-16-14(23-15)13-7-9-18(10-8-13)25(21,22)11-12-5-3-2-4-6-12/h2-6,13H,7-11H2,1H3. The van der Waals surface area contributed by atoms with Gasteiger partial charge < -0.3 is 4.42 Å². The average molecular weight is 385 g/mol. The largest absolute Gasteiger partial charge is 0.412 e. The molecule has 1 aromatic carbocycles. The minimum atomic E-state index is -3.54. The Morgan fingerprint density at radius 1 is 1.08 bits per heavy atom. The second kappa shape index (κ2) is 6.85. The van der Waals surface area contributed by atoms with Crippen LogP contribution < -0.4 is 0 Å². The van der Waals surface area contributed by atoms with Crippen LogP contribution >= 0.6 is 0 Å². The number of hydrogen-bond acceptors (Lipinski definition) is 7. The predicted octanol–water partition coefficient (Wildman–Crippen LogP) is 1.18. The summed E-state index contributed by atoms with van der Waals surface area (Å²) in [5.41, 5.74) is 0.749. The van der Waals surface area contributed by atoms with Gasteiger partial charge in [-0.1, -0.05) is 35.4 Å². The van der Waals surface area contributed by atoms with Crippen LogP contribution in [0, 0.1) is 0 Å². The fourth-order valence-electron chi connectivity index (χ4n) is 2.79. The Hall–Kier alpha value is -1.78. The molecule has 0 unspecified atom stereocenters. The minimum Gasteiger partial charge on any atom is -0.412 e. The number of aromatic nitrogens is 2. The quantitative estimate of drug-likeness (QED) is 0.760. The zero-order valence-corrected chi connectivity index (χ0v) is 15.3. The molecule has 25 heavy (non-hydrogen) atoms. The summed E-state index contributed by atoms with van der Waals surface area (Å²) >= 11 is 0. The van der Waals surface area contributed by atoms with Crippen LogP contribution in [0.4, 0.5) is 0 Å². The van der Waals surface area contributed by atoms with Crippen molar-refractivity contribution in [2.45, 2.75) is 29.7 Å². The van der Waals surface area contributed by atoms with Gasteiger partial charge in [0.1, 0.15) is 0 Å². The Balaban J connectivity index is 1.64. The predicted molar refractivity (Wildman–Crippen MR) is 90.0 cm³/mol. The van der Waals surface area contributed by atoms with E-state index in [0.717, 1.165) is 11.8 Å². The van der Waals surface area contributed by atoms with E-state index in [1.165, 1.54) is 4.31 Å². The molecule has 0 saturated carbocycles. The van der Waals surface area contributed by atoms with E-state index in [9.17, 15) is 16.8 Å². The molecule has 0 spiro atoms. The zero-order chi connectivity index (χ0) is 18.1. The molecule has 0 aliphatic carbocycles. The molecular formula is C15H19N3O5S2. The van der Waals surface area contributed by atoms with E-state index >= 15 is 0 Å². The highest BCUT2D eigenvalue weighted by Gasteiger charge is 2.31. The number of nitrogens with zero attached hydrogens (tertiary/aromatic N) is 3. The van der Waals surface area contributed by atoms with Crippen LogP contribution in [0.3, 0.4) is 0 Å². The minimum absolute atomic E-state index is 0.0305. The molecule has 136 valence electrons. The van der Waals surface area contributed by atoms with Gasteiger partial charge in [0.25, 0.3) is 0 Å². The number of hydrogen-bond donors (Lipinski definition) is 0. The van der Waals surface area contributed by atoms with Gasteiger partial charge in [0.05, 0.1) is 5.75 Å². The Kier molecular flexibility index (Phi) is 4.94. The van der Waals surface area contributed by atoms with Crippen molar-refractivity contribution in [2.75, 3.05) is 19.3 Å². The molecule has 0 radical (unpaired) electrons. The van der Waals surface area contributed by atoms with Gasteiger partial charge in [0.2, 0.25) is 25.8 Å². The van der Waals surface area contributed by atoms with Crippen molar-refractivity contribution in [3.05, 3.63) is 41.8 Å². The Morgan fingerprint density at radius 2 is 1.72 bits per heavy atom. The number of sulfonamides is 1. The van der Waals surface area contributed by atoms with Crippen LogP contribution in [-0.4, -0.2) is 50.7 Å². The molecule has 3 rings (SSSR count). The maximum atomic E-state index is 12.5. The average Bonchev–Trinajstić information content (AvgIpc) is 3.06. The van der Waals surface area contributed by atoms with E-state index in [1.807, 2.05) is 18.2 Å². The summed E-state index contributed by atoms with van der Waals surface area (Å²) < 4.78 is 54.6.